The summed E-state index contributed by atoms with van der Waals surface area (Å²) in [5, 5.41) is 1.26. The summed E-state index contributed by atoms with van der Waals surface area (Å²) in [5.41, 5.74) is 8.35. The minimum atomic E-state index is 0.0333. The maximum Gasteiger partial charge on any atom is 0.265 e. The Bertz CT molecular complexity index is 552. The van der Waals surface area contributed by atoms with Gasteiger partial charge in [-0.25, -0.2) is 0 Å². The molecule has 1 amide bonds. The summed E-state index contributed by atoms with van der Waals surface area (Å²) in [5.74, 6) is 2.01. The first-order valence-corrected chi connectivity index (χ1v) is 8.60. The monoisotopic (exact) mass is 307 g/mol. The van der Waals surface area contributed by atoms with E-state index < -0.39 is 0 Å². The van der Waals surface area contributed by atoms with E-state index in [1.807, 2.05) is 0 Å². The second-order valence-corrected chi connectivity index (χ2v) is 7.90. The summed E-state index contributed by atoms with van der Waals surface area (Å²) in [4.78, 5) is 17.2. The molecule has 1 saturated carbocycles. The molecule has 1 aromatic rings. The van der Waals surface area contributed by atoms with E-state index in [0.717, 1.165) is 23.7 Å². The van der Waals surface area contributed by atoms with Crippen LogP contribution < -0.4 is 10.6 Å². The summed E-state index contributed by atoms with van der Waals surface area (Å²) in [7, 11) is 3.58. The molecule has 21 heavy (non-hydrogen) atoms. The zero-order valence-corrected chi connectivity index (χ0v) is 14.2. The van der Waals surface area contributed by atoms with Crippen LogP contribution in [0.3, 0.4) is 0 Å². The lowest BCUT2D eigenvalue weighted by molar-refractivity contribution is 0.0833. The maximum atomic E-state index is 12.4. The highest BCUT2D eigenvalue weighted by atomic mass is 32.1. The molecule has 0 spiro atoms. The first kappa shape index (κ1) is 14.7. The molecular weight excluding hydrogens is 282 g/mol. The molecule has 0 radical (unpaired) electrons. The largest absolute Gasteiger partial charge is 0.397 e. The van der Waals surface area contributed by atoms with Gasteiger partial charge in [-0.2, -0.15) is 0 Å². The average Bonchev–Trinajstić information content (AvgIpc) is 3.12. The van der Waals surface area contributed by atoms with Gasteiger partial charge in [-0.15, -0.1) is 11.3 Å². The molecule has 0 bridgehead atoms. The highest BCUT2D eigenvalue weighted by Crippen LogP contribution is 2.53. The summed E-state index contributed by atoms with van der Waals surface area (Å²) in [6.07, 6.45) is 2.42. The third-order valence-electron chi connectivity index (χ3n) is 4.83. The van der Waals surface area contributed by atoms with Gasteiger partial charge in [0, 0.05) is 32.7 Å². The fourth-order valence-electron chi connectivity index (χ4n) is 3.10. The number of rotatable bonds is 3. The van der Waals surface area contributed by atoms with Gasteiger partial charge in [0.1, 0.15) is 4.88 Å². The zero-order valence-electron chi connectivity index (χ0n) is 13.3. The van der Waals surface area contributed by atoms with Crippen molar-refractivity contribution in [2.24, 2.45) is 11.8 Å². The fourth-order valence-corrected chi connectivity index (χ4v) is 4.45. The molecule has 2 atom stereocenters. The van der Waals surface area contributed by atoms with Crippen LogP contribution in [-0.2, 0) is 0 Å². The minimum Gasteiger partial charge on any atom is -0.397 e. The molecule has 1 aromatic heterocycles. The summed E-state index contributed by atoms with van der Waals surface area (Å²) in [6, 6.07) is 0. The zero-order chi connectivity index (χ0) is 15.3. The molecule has 0 aromatic carbocycles. The van der Waals surface area contributed by atoms with Gasteiger partial charge in [0.25, 0.3) is 5.91 Å². The van der Waals surface area contributed by atoms with Crippen molar-refractivity contribution >= 4 is 27.9 Å². The van der Waals surface area contributed by atoms with Crippen LogP contribution in [0.15, 0.2) is 0 Å². The molecule has 2 aliphatic rings. The first-order chi connectivity index (χ1) is 9.90. The SMILES string of the molecule is CC1CN(c2sc(C(=O)N(C)C)c(N)c2C2CC2)CC1C. The van der Waals surface area contributed by atoms with Gasteiger partial charge in [0.15, 0.2) is 0 Å². The number of hydrogen-bond donors (Lipinski definition) is 1. The van der Waals surface area contributed by atoms with Gasteiger partial charge in [-0.05, 0) is 30.6 Å². The predicted molar refractivity (Wildman–Crippen MR) is 89.3 cm³/mol. The topological polar surface area (TPSA) is 49.6 Å². The molecule has 1 saturated heterocycles. The molecule has 3 rings (SSSR count). The van der Waals surface area contributed by atoms with Crippen LogP contribution >= 0.6 is 11.3 Å². The summed E-state index contributed by atoms with van der Waals surface area (Å²) < 4.78 is 0. The Balaban J connectivity index is 2.00. The number of hydrogen-bond acceptors (Lipinski definition) is 4. The quantitative estimate of drug-likeness (QED) is 0.934. The second kappa shape index (κ2) is 5.20. The Kier molecular flexibility index (Phi) is 3.64. The number of thiophene rings is 1. The van der Waals surface area contributed by atoms with E-state index in [-0.39, 0.29) is 5.91 Å². The lowest BCUT2D eigenvalue weighted by atomic mass is 10.0. The smallest absolute Gasteiger partial charge is 0.265 e. The van der Waals surface area contributed by atoms with Gasteiger partial charge in [0.2, 0.25) is 0 Å². The molecular formula is C16H25N3OS. The van der Waals surface area contributed by atoms with E-state index in [1.54, 1.807) is 30.3 Å². The maximum absolute atomic E-state index is 12.4. The first-order valence-electron chi connectivity index (χ1n) is 7.78. The Morgan fingerprint density at radius 1 is 1.24 bits per heavy atom. The molecule has 1 aliphatic heterocycles. The third kappa shape index (κ3) is 2.52. The number of nitrogen functional groups attached to an aromatic ring is 1. The van der Waals surface area contributed by atoms with Crippen LogP contribution in [0.5, 0.6) is 0 Å². The van der Waals surface area contributed by atoms with Crippen molar-refractivity contribution in [1.29, 1.82) is 0 Å². The Morgan fingerprint density at radius 3 is 2.29 bits per heavy atom. The fraction of sp³-hybridized carbons (Fsp3) is 0.688. The van der Waals surface area contributed by atoms with E-state index in [2.05, 4.69) is 18.7 Å². The lowest BCUT2D eigenvalue weighted by Crippen LogP contribution is -2.21. The molecule has 116 valence electrons. The van der Waals surface area contributed by atoms with Crippen molar-refractivity contribution in [3.05, 3.63) is 10.4 Å². The average molecular weight is 307 g/mol. The molecule has 2 unspecified atom stereocenters. The van der Waals surface area contributed by atoms with Gasteiger partial charge in [0.05, 0.1) is 10.7 Å². The summed E-state index contributed by atoms with van der Waals surface area (Å²) in [6.45, 7) is 6.78. The molecule has 4 nitrogen and oxygen atoms in total. The van der Waals surface area contributed by atoms with E-state index in [4.69, 9.17) is 5.73 Å². The van der Waals surface area contributed by atoms with Crippen LogP contribution in [0.2, 0.25) is 0 Å². The Labute approximate surface area is 130 Å². The molecule has 1 aliphatic carbocycles. The van der Waals surface area contributed by atoms with E-state index in [1.165, 1.54) is 23.4 Å². The van der Waals surface area contributed by atoms with Gasteiger partial charge in [-0.3, -0.25) is 4.79 Å². The van der Waals surface area contributed by atoms with E-state index in [0.29, 0.717) is 17.8 Å². The molecule has 5 heteroatoms. The van der Waals surface area contributed by atoms with Crippen molar-refractivity contribution < 1.29 is 4.79 Å². The summed E-state index contributed by atoms with van der Waals surface area (Å²) >= 11 is 1.60. The van der Waals surface area contributed by atoms with Crippen molar-refractivity contribution in [3.8, 4) is 0 Å². The van der Waals surface area contributed by atoms with Crippen LogP contribution in [0.4, 0.5) is 10.7 Å². The molecule has 2 heterocycles. The molecule has 2 N–H and O–H groups in total. The van der Waals surface area contributed by atoms with Gasteiger partial charge < -0.3 is 15.5 Å². The van der Waals surface area contributed by atoms with Gasteiger partial charge in [-0.1, -0.05) is 13.8 Å². The van der Waals surface area contributed by atoms with Crippen LogP contribution in [0.1, 0.15) is 47.8 Å². The van der Waals surface area contributed by atoms with Crippen molar-refractivity contribution in [2.75, 3.05) is 37.8 Å². The van der Waals surface area contributed by atoms with Crippen molar-refractivity contribution in [1.82, 2.24) is 4.90 Å². The number of carbonyl (C=O) groups excluding carboxylic acids is 1. The standard InChI is InChI=1S/C16H25N3OS/c1-9-7-19(8-10(9)2)16-12(11-5-6-11)13(17)14(21-16)15(20)18(3)4/h9-11H,5-8,17H2,1-4H3. The van der Waals surface area contributed by atoms with E-state index >= 15 is 0 Å². The number of carbonyl (C=O) groups is 1. The van der Waals surface area contributed by atoms with Crippen LogP contribution in [0.25, 0.3) is 0 Å². The number of nitrogens with two attached hydrogens (primary N) is 1. The second-order valence-electron chi connectivity index (χ2n) is 6.90. The van der Waals surface area contributed by atoms with Crippen LogP contribution in [-0.4, -0.2) is 38.0 Å². The molecule has 2 fully saturated rings. The number of nitrogens with zero attached hydrogens (tertiary/aromatic N) is 2. The van der Waals surface area contributed by atoms with Gasteiger partial charge >= 0.3 is 0 Å². The number of amides is 1. The third-order valence-corrected chi connectivity index (χ3v) is 6.10. The number of anilines is 2. The highest BCUT2D eigenvalue weighted by Gasteiger charge is 2.37. The lowest BCUT2D eigenvalue weighted by Gasteiger charge is -2.18. The Morgan fingerprint density at radius 2 is 1.81 bits per heavy atom. The normalized spacial score (nSPS) is 25.4. The van der Waals surface area contributed by atoms with E-state index in [9.17, 15) is 4.79 Å². The Hall–Kier alpha value is -1.23. The predicted octanol–water partition coefficient (Wildman–Crippen LogP) is 3.00. The highest BCUT2D eigenvalue weighted by molar-refractivity contribution is 7.18. The van der Waals surface area contributed by atoms with Crippen LogP contribution in [0, 0.1) is 11.8 Å². The minimum absolute atomic E-state index is 0.0333. The van der Waals surface area contributed by atoms with Crippen molar-refractivity contribution in [3.63, 3.8) is 0 Å². The van der Waals surface area contributed by atoms with Crippen molar-refractivity contribution in [2.45, 2.75) is 32.6 Å².